The predicted molar refractivity (Wildman–Crippen MR) is 68.0 cm³/mol. The van der Waals surface area contributed by atoms with Gasteiger partial charge in [0.25, 0.3) is 0 Å². The number of hydrogen-bond acceptors (Lipinski definition) is 2. The lowest BCUT2D eigenvalue weighted by Gasteiger charge is -2.24. The van der Waals surface area contributed by atoms with Crippen LogP contribution in [0.5, 0.6) is 0 Å². The van der Waals surface area contributed by atoms with Crippen molar-refractivity contribution < 1.29 is 5.11 Å². The molecular weight excluding hydrogens is 198 g/mol. The number of aliphatic hydroxyl groups is 1. The van der Waals surface area contributed by atoms with Gasteiger partial charge in [0.15, 0.2) is 0 Å². The van der Waals surface area contributed by atoms with E-state index in [0.29, 0.717) is 0 Å². The van der Waals surface area contributed by atoms with Gasteiger partial charge in [0.1, 0.15) is 0 Å². The highest BCUT2D eigenvalue weighted by molar-refractivity contribution is 4.91. The van der Waals surface area contributed by atoms with E-state index in [0.717, 1.165) is 32.1 Å². The van der Waals surface area contributed by atoms with Crippen molar-refractivity contribution in [2.45, 2.75) is 78.2 Å². The normalized spacial score (nSPS) is 15.5. The van der Waals surface area contributed by atoms with Crippen LogP contribution in [0.2, 0.25) is 0 Å². The highest BCUT2D eigenvalue weighted by Gasteiger charge is 2.22. The van der Waals surface area contributed by atoms with Gasteiger partial charge in [0.2, 0.25) is 0 Å². The molecule has 0 amide bonds. The van der Waals surface area contributed by atoms with Gasteiger partial charge in [-0.05, 0) is 46.5 Å². The average molecular weight is 225 g/mol. The summed E-state index contributed by atoms with van der Waals surface area (Å²) in [6, 6.07) is 2.30. The van der Waals surface area contributed by atoms with Crippen LogP contribution in [0.15, 0.2) is 0 Å². The highest BCUT2D eigenvalue weighted by Crippen LogP contribution is 2.26. The van der Waals surface area contributed by atoms with Crippen molar-refractivity contribution in [3.63, 3.8) is 0 Å². The molecule has 94 valence electrons. The molecule has 0 aliphatic carbocycles. The minimum absolute atomic E-state index is 0.250. The maximum Gasteiger partial charge on any atom is 0.0683 e. The molecule has 0 aromatic carbocycles. The first kappa shape index (κ1) is 15.4. The van der Waals surface area contributed by atoms with Gasteiger partial charge in [-0.15, -0.1) is 0 Å². The van der Waals surface area contributed by atoms with E-state index in [2.05, 4.69) is 13.0 Å². The van der Waals surface area contributed by atoms with Crippen molar-refractivity contribution in [3.05, 3.63) is 0 Å². The minimum Gasteiger partial charge on any atom is -0.390 e. The lowest BCUT2D eigenvalue weighted by molar-refractivity contribution is 0.0353. The summed E-state index contributed by atoms with van der Waals surface area (Å²) < 4.78 is 0. The molecule has 0 saturated carbocycles. The average Bonchev–Trinajstić information content (AvgIpc) is 2.17. The van der Waals surface area contributed by atoms with E-state index in [9.17, 15) is 5.11 Å². The van der Waals surface area contributed by atoms with Crippen LogP contribution in [0.3, 0.4) is 0 Å². The van der Waals surface area contributed by atoms with Gasteiger partial charge < -0.3 is 5.11 Å². The largest absolute Gasteiger partial charge is 0.390 e. The number of nitrogens with zero attached hydrogens (tertiary/aromatic N) is 1. The van der Waals surface area contributed by atoms with Crippen molar-refractivity contribution in [2.75, 3.05) is 0 Å². The van der Waals surface area contributed by atoms with Gasteiger partial charge in [-0.3, -0.25) is 0 Å². The zero-order chi connectivity index (χ0) is 12.7. The Hall–Kier alpha value is -0.550. The van der Waals surface area contributed by atoms with Gasteiger partial charge in [-0.1, -0.05) is 26.2 Å². The number of unbranched alkanes of at least 4 members (excludes halogenated alkanes) is 2. The number of nitriles is 1. The van der Waals surface area contributed by atoms with Gasteiger partial charge in [0, 0.05) is 0 Å². The third kappa shape index (κ3) is 7.70. The minimum atomic E-state index is -0.541. The smallest absolute Gasteiger partial charge is 0.0683 e. The molecule has 0 bridgehead atoms. The first-order valence-electron chi connectivity index (χ1n) is 6.46. The van der Waals surface area contributed by atoms with Crippen LogP contribution in [0.25, 0.3) is 0 Å². The predicted octanol–water partition coefficient (Wildman–Crippen LogP) is 4.04. The summed E-state index contributed by atoms with van der Waals surface area (Å²) in [6.45, 7) is 8.00. The molecule has 1 N–H and O–H groups in total. The fraction of sp³-hybridized carbons (Fsp3) is 0.929. The molecule has 16 heavy (non-hydrogen) atoms. The quantitative estimate of drug-likeness (QED) is 0.634. The molecule has 0 radical (unpaired) electrons. The highest BCUT2D eigenvalue weighted by atomic mass is 16.3. The molecule has 0 aliphatic heterocycles. The summed E-state index contributed by atoms with van der Waals surface area (Å²) in [6.07, 6.45) is 6.98. The summed E-state index contributed by atoms with van der Waals surface area (Å²) >= 11 is 0. The summed E-state index contributed by atoms with van der Waals surface area (Å²) in [5.74, 6) is 0. The standard InChI is InChI=1S/C14H27NO/c1-5-6-7-10-14(4,16)11-8-9-13(2,3)12-15/h16H,5-11H2,1-4H3. The molecule has 0 aromatic heterocycles. The van der Waals surface area contributed by atoms with Gasteiger partial charge >= 0.3 is 0 Å². The zero-order valence-electron chi connectivity index (χ0n) is 11.3. The van der Waals surface area contributed by atoms with E-state index in [-0.39, 0.29) is 5.41 Å². The van der Waals surface area contributed by atoms with E-state index < -0.39 is 5.60 Å². The van der Waals surface area contributed by atoms with Crippen molar-refractivity contribution >= 4 is 0 Å². The van der Waals surface area contributed by atoms with Crippen LogP contribution in [0.4, 0.5) is 0 Å². The van der Waals surface area contributed by atoms with Crippen molar-refractivity contribution in [3.8, 4) is 6.07 Å². The van der Waals surface area contributed by atoms with Crippen LogP contribution in [0.1, 0.15) is 72.6 Å². The fourth-order valence-electron chi connectivity index (χ4n) is 1.85. The van der Waals surface area contributed by atoms with Crippen LogP contribution >= 0.6 is 0 Å². The Morgan fingerprint density at radius 1 is 1.00 bits per heavy atom. The summed E-state index contributed by atoms with van der Waals surface area (Å²) in [5.41, 5.74) is -0.791. The molecule has 0 rings (SSSR count). The Kier molecular flexibility index (Phi) is 6.67. The summed E-state index contributed by atoms with van der Waals surface area (Å²) in [5, 5.41) is 19.0. The van der Waals surface area contributed by atoms with Gasteiger partial charge in [0.05, 0.1) is 17.1 Å². The van der Waals surface area contributed by atoms with Crippen molar-refractivity contribution in [1.29, 1.82) is 5.26 Å². The Morgan fingerprint density at radius 2 is 1.56 bits per heavy atom. The second kappa shape index (κ2) is 6.91. The second-order valence-corrected chi connectivity index (χ2v) is 5.80. The van der Waals surface area contributed by atoms with Gasteiger partial charge in [-0.25, -0.2) is 0 Å². The molecule has 1 atom stereocenters. The van der Waals surface area contributed by atoms with E-state index in [1.54, 1.807) is 0 Å². The third-order valence-corrected chi connectivity index (χ3v) is 3.14. The maximum absolute atomic E-state index is 10.1. The van der Waals surface area contributed by atoms with Crippen LogP contribution < -0.4 is 0 Å². The molecule has 0 saturated heterocycles. The first-order chi connectivity index (χ1) is 7.33. The molecule has 0 aliphatic rings. The van der Waals surface area contributed by atoms with E-state index in [1.165, 1.54) is 12.8 Å². The molecule has 0 fully saturated rings. The SMILES string of the molecule is CCCCCC(C)(O)CCCC(C)(C)C#N. The second-order valence-electron chi connectivity index (χ2n) is 5.80. The fourth-order valence-corrected chi connectivity index (χ4v) is 1.85. The van der Waals surface area contributed by atoms with E-state index in [1.807, 2.05) is 20.8 Å². The van der Waals surface area contributed by atoms with Crippen molar-refractivity contribution in [1.82, 2.24) is 0 Å². The Morgan fingerprint density at radius 3 is 2.06 bits per heavy atom. The Labute approximate surface area is 101 Å². The monoisotopic (exact) mass is 225 g/mol. The van der Waals surface area contributed by atoms with Crippen LogP contribution in [-0.4, -0.2) is 10.7 Å². The molecule has 2 nitrogen and oxygen atoms in total. The molecule has 0 aromatic rings. The Balaban J connectivity index is 3.78. The van der Waals surface area contributed by atoms with Crippen LogP contribution in [-0.2, 0) is 0 Å². The lowest BCUT2D eigenvalue weighted by Crippen LogP contribution is -2.24. The van der Waals surface area contributed by atoms with Gasteiger partial charge in [-0.2, -0.15) is 5.26 Å². The van der Waals surface area contributed by atoms with E-state index in [4.69, 9.17) is 5.26 Å². The number of hydrogen-bond donors (Lipinski definition) is 1. The van der Waals surface area contributed by atoms with E-state index >= 15 is 0 Å². The molecule has 2 heteroatoms. The summed E-state index contributed by atoms with van der Waals surface area (Å²) in [7, 11) is 0. The molecular formula is C14H27NO. The zero-order valence-corrected chi connectivity index (χ0v) is 11.3. The van der Waals surface area contributed by atoms with Crippen LogP contribution in [0, 0.1) is 16.7 Å². The van der Waals surface area contributed by atoms with Crippen molar-refractivity contribution in [2.24, 2.45) is 5.41 Å². The molecule has 1 unspecified atom stereocenters. The summed E-state index contributed by atoms with van der Waals surface area (Å²) in [4.78, 5) is 0. The molecule has 0 spiro atoms. The topological polar surface area (TPSA) is 44.0 Å². The number of rotatable bonds is 8. The lowest BCUT2D eigenvalue weighted by atomic mass is 9.85. The third-order valence-electron chi connectivity index (χ3n) is 3.14. The Bertz CT molecular complexity index is 225. The first-order valence-corrected chi connectivity index (χ1v) is 6.46. The molecule has 0 heterocycles. The maximum atomic E-state index is 10.1.